The first-order valence-electron chi connectivity index (χ1n) is 9.60. The van der Waals surface area contributed by atoms with Crippen LogP contribution in [0.1, 0.15) is 46.9 Å². The number of rotatable bonds is 8. The molecule has 0 spiro atoms. The molecule has 3 rings (SSSR count). The number of aromatic nitrogens is 2. The highest BCUT2D eigenvalue weighted by Crippen LogP contribution is 2.37. The summed E-state index contributed by atoms with van der Waals surface area (Å²) in [4.78, 5) is 33.7. The molecule has 0 unspecified atom stereocenters. The minimum absolute atomic E-state index is 0.171. The molecule has 0 atom stereocenters. The maximum atomic E-state index is 12.6. The zero-order valence-electron chi connectivity index (χ0n) is 17.3. The largest absolute Gasteiger partial charge is 0.490 e. The topological polar surface area (TPSA) is 90.5 Å². The van der Waals surface area contributed by atoms with E-state index < -0.39 is 5.97 Å². The Labute approximate surface area is 183 Å². The first-order valence-corrected chi connectivity index (χ1v) is 10.8. The number of aromatic amines is 1. The Bertz CT molecular complexity index is 1140. The number of halogens is 1. The van der Waals surface area contributed by atoms with Gasteiger partial charge in [0.15, 0.2) is 11.5 Å². The summed E-state index contributed by atoms with van der Waals surface area (Å²) in [6.45, 7) is 8.33. The summed E-state index contributed by atoms with van der Waals surface area (Å²) in [7, 11) is 0. The lowest BCUT2D eigenvalue weighted by Crippen LogP contribution is -2.14. The molecule has 30 heavy (non-hydrogen) atoms. The average molecular weight is 451 g/mol. The van der Waals surface area contributed by atoms with E-state index in [9.17, 15) is 9.59 Å². The molecule has 0 aliphatic carbocycles. The van der Waals surface area contributed by atoms with Crippen LogP contribution in [0.5, 0.6) is 11.5 Å². The van der Waals surface area contributed by atoms with Gasteiger partial charge >= 0.3 is 5.97 Å². The second kappa shape index (κ2) is 9.49. The van der Waals surface area contributed by atoms with Gasteiger partial charge in [-0.15, -0.1) is 11.3 Å². The highest BCUT2D eigenvalue weighted by molar-refractivity contribution is 7.18. The highest BCUT2D eigenvalue weighted by Gasteiger charge is 2.18. The number of benzene rings is 1. The predicted molar refractivity (Wildman–Crippen MR) is 117 cm³/mol. The van der Waals surface area contributed by atoms with Crippen LogP contribution in [-0.4, -0.2) is 29.2 Å². The van der Waals surface area contributed by atoms with Crippen molar-refractivity contribution in [2.24, 2.45) is 0 Å². The lowest BCUT2D eigenvalue weighted by molar-refractivity contribution is 0.0462. The summed E-state index contributed by atoms with van der Waals surface area (Å²) in [5.74, 6) is 0.446. The van der Waals surface area contributed by atoms with Gasteiger partial charge in [-0.25, -0.2) is 9.78 Å². The second-order valence-electron chi connectivity index (χ2n) is 6.62. The fourth-order valence-corrected chi connectivity index (χ4v) is 4.19. The van der Waals surface area contributed by atoms with E-state index in [-0.39, 0.29) is 28.6 Å². The number of carbonyl (C=O) groups excluding carboxylic acids is 1. The first-order chi connectivity index (χ1) is 14.3. The van der Waals surface area contributed by atoms with Crippen LogP contribution in [0.3, 0.4) is 0 Å². The summed E-state index contributed by atoms with van der Waals surface area (Å²) in [6.07, 6.45) is 0.810. The summed E-state index contributed by atoms with van der Waals surface area (Å²) in [5.41, 5.74) is 0.890. The lowest BCUT2D eigenvalue weighted by Gasteiger charge is -2.14. The van der Waals surface area contributed by atoms with Crippen molar-refractivity contribution in [3.8, 4) is 11.5 Å². The normalized spacial score (nSPS) is 11.0. The Morgan fingerprint density at radius 1 is 1.23 bits per heavy atom. The number of H-pyrrole nitrogens is 1. The van der Waals surface area contributed by atoms with E-state index in [0.717, 1.165) is 16.9 Å². The quantitative estimate of drug-likeness (QED) is 0.496. The Morgan fingerprint density at radius 3 is 2.70 bits per heavy atom. The van der Waals surface area contributed by atoms with Crippen molar-refractivity contribution in [1.82, 2.24) is 9.97 Å². The van der Waals surface area contributed by atoms with Crippen molar-refractivity contribution in [1.29, 1.82) is 0 Å². The molecular formula is C21H23ClN2O5S. The van der Waals surface area contributed by atoms with Crippen molar-refractivity contribution < 1.29 is 19.0 Å². The van der Waals surface area contributed by atoms with Gasteiger partial charge in [0, 0.05) is 4.88 Å². The van der Waals surface area contributed by atoms with Gasteiger partial charge in [0.05, 0.1) is 29.2 Å². The molecule has 0 saturated carbocycles. The monoisotopic (exact) mass is 450 g/mol. The number of ether oxygens (including phenoxy) is 3. The third-order valence-corrected chi connectivity index (χ3v) is 5.81. The van der Waals surface area contributed by atoms with Crippen LogP contribution in [-0.2, 0) is 11.3 Å². The van der Waals surface area contributed by atoms with Crippen LogP contribution in [0, 0.1) is 13.8 Å². The van der Waals surface area contributed by atoms with E-state index in [0.29, 0.717) is 34.9 Å². The van der Waals surface area contributed by atoms with Crippen molar-refractivity contribution in [3.63, 3.8) is 0 Å². The van der Waals surface area contributed by atoms with Gasteiger partial charge in [0.1, 0.15) is 17.3 Å². The number of fused-ring (bicyclic) bond motifs is 1. The van der Waals surface area contributed by atoms with Gasteiger partial charge < -0.3 is 19.2 Å². The first kappa shape index (κ1) is 22.1. The van der Waals surface area contributed by atoms with Crippen molar-refractivity contribution >= 4 is 39.1 Å². The van der Waals surface area contributed by atoms with Gasteiger partial charge in [-0.3, -0.25) is 4.79 Å². The molecule has 0 aliphatic rings. The molecule has 1 N–H and O–H groups in total. The Morgan fingerprint density at radius 2 is 2.00 bits per heavy atom. The number of aryl methyl sites for hydroxylation is 2. The van der Waals surface area contributed by atoms with Gasteiger partial charge in [-0.1, -0.05) is 18.5 Å². The van der Waals surface area contributed by atoms with E-state index >= 15 is 0 Å². The molecule has 3 aromatic rings. The smallest absolute Gasteiger partial charge is 0.338 e. The van der Waals surface area contributed by atoms with Gasteiger partial charge in [-0.2, -0.15) is 0 Å². The maximum Gasteiger partial charge on any atom is 0.338 e. The Kier molecular flexibility index (Phi) is 6.99. The van der Waals surface area contributed by atoms with E-state index in [2.05, 4.69) is 9.97 Å². The zero-order valence-corrected chi connectivity index (χ0v) is 18.8. The molecule has 0 radical (unpaired) electrons. The van der Waals surface area contributed by atoms with E-state index in [1.165, 1.54) is 23.5 Å². The molecule has 2 aromatic heterocycles. The average Bonchev–Trinajstić information content (AvgIpc) is 2.99. The van der Waals surface area contributed by atoms with Crippen molar-refractivity contribution in [2.45, 2.75) is 40.7 Å². The molecule has 7 nitrogen and oxygen atoms in total. The number of esters is 1. The maximum absolute atomic E-state index is 12.6. The molecule has 1 aromatic carbocycles. The molecular weight excluding hydrogens is 428 g/mol. The number of nitrogens with zero attached hydrogens (tertiary/aromatic N) is 1. The molecule has 0 saturated heterocycles. The summed E-state index contributed by atoms with van der Waals surface area (Å²) >= 11 is 7.73. The number of hydrogen-bond donors (Lipinski definition) is 1. The van der Waals surface area contributed by atoms with E-state index in [1.54, 1.807) is 0 Å². The lowest BCUT2D eigenvalue weighted by atomic mass is 10.2. The van der Waals surface area contributed by atoms with E-state index in [4.69, 9.17) is 25.8 Å². The molecule has 2 heterocycles. The minimum atomic E-state index is -0.610. The number of hydrogen-bond acceptors (Lipinski definition) is 7. The second-order valence-corrected chi connectivity index (χ2v) is 8.23. The summed E-state index contributed by atoms with van der Waals surface area (Å²) < 4.78 is 16.6. The Hall–Kier alpha value is -2.58. The highest BCUT2D eigenvalue weighted by atomic mass is 35.5. The van der Waals surface area contributed by atoms with Crippen LogP contribution < -0.4 is 15.0 Å². The van der Waals surface area contributed by atoms with Crippen LogP contribution in [0.2, 0.25) is 5.02 Å². The SMILES string of the molecule is CCCOc1c(Cl)cc(C(=O)OCc2nc3sc(C)c(C)c3c(=O)[nH]2)cc1OCC. The molecule has 0 fully saturated rings. The Balaban J connectivity index is 1.80. The standard InChI is InChI=1S/C21H23ClN2O5S/c1-5-7-28-18-14(22)8-13(9-15(18)27-6-2)21(26)29-10-16-23-19(25)17-11(3)12(4)30-20(17)24-16/h8-9H,5-7,10H2,1-4H3,(H,23,24,25). The number of nitrogens with one attached hydrogen (secondary N) is 1. The predicted octanol–water partition coefficient (Wildman–Crippen LogP) is 4.80. The fourth-order valence-electron chi connectivity index (χ4n) is 2.88. The van der Waals surface area contributed by atoms with Crippen molar-refractivity contribution in [3.05, 3.63) is 49.3 Å². The summed E-state index contributed by atoms with van der Waals surface area (Å²) in [6, 6.07) is 3.01. The minimum Gasteiger partial charge on any atom is -0.490 e. The number of thiophene rings is 1. The summed E-state index contributed by atoms with van der Waals surface area (Å²) in [5, 5.41) is 0.835. The van der Waals surface area contributed by atoms with Crippen LogP contribution >= 0.6 is 22.9 Å². The molecule has 0 amide bonds. The zero-order chi connectivity index (χ0) is 21.8. The fraction of sp³-hybridized carbons (Fsp3) is 0.381. The third kappa shape index (κ3) is 4.60. The molecule has 160 valence electrons. The van der Waals surface area contributed by atoms with E-state index in [1.807, 2.05) is 27.7 Å². The van der Waals surface area contributed by atoms with Gasteiger partial charge in [-0.05, 0) is 44.9 Å². The van der Waals surface area contributed by atoms with Gasteiger partial charge in [0.2, 0.25) is 0 Å². The molecule has 0 bridgehead atoms. The van der Waals surface area contributed by atoms with Crippen LogP contribution in [0.15, 0.2) is 16.9 Å². The molecule has 9 heteroatoms. The van der Waals surface area contributed by atoms with Crippen LogP contribution in [0.25, 0.3) is 10.2 Å². The van der Waals surface area contributed by atoms with Crippen LogP contribution in [0.4, 0.5) is 0 Å². The number of carbonyl (C=O) groups is 1. The third-order valence-electron chi connectivity index (χ3n) is 4.42. The van der Waals surface area contributed by atoms with Gasteiger partial charge in [0.25, 0.3) is 5.56 Å². The van der Waals surface area contributed by atoms with Crippen molar-refractivity contribution in [2.75, 3.05) is 13.2 Å². The molecule has 0 aliphatic heterocycles.